The molecule has 0 radical (unpaired) electrons. The number of hydrogen-bond acceptors (Lipinski definition) is 2. The molecule has 148 valence electrons. The first-order valence-electron chi connectivity index (χ1n) is 9.12. The van der Waals surface area contributed by atoms with Gasteiger partial charge in [0.05, 0.1) is 23.2 Å². The van der Waals surface area contributed by atoms with Crippen molar-refractivity contribution in [2.45, 2.75) is 13.0 Å². The first-order chi connectivity index (χ1) is 13.9. The van der Waals surface area contributed by atoms with Gasteiger partial charge in [0.15, 0.2) is 0 Å². The van der Waals surface area contributed by atoms with E-state index in [9.17, 15) is 9.59 Å². The van der Waals surface area contributed by atoms with Crippen molar-refractivity contribution in [1.29, 1.82) is 0 Å². The van der Waals surface area contributed by atoms with E-state index in [4.69, 9.17) is 23.2 Å². The van der Waals surface area contributed by atoms with Gasteiger partial charge in [-0.15, -0.1) is 0 Å². The van der Waals surface area contributed by atoms with Crippen LogP contribution in [0.5, 0.6) is 0 Å². The van der Waals surface area contributed by atoms with Gasteiger partial charge in [-0.25, -0.2) is 0 Å². The Hall–Kier alpha value is -2.82. The molecule has 1 unspecified atom stereocenters. The number of amides is 2. The average molecular weight is 427 g/mol. The van der Waals surface area contributed by atoms with Crippen LogP contribution in [0.15, 0.2) is 72.8 Å². The molecule has 0 aromatic heterocycles. The fourth-order valence-electron chi connectivity index (χ4n) is 2.90. The maximum Gasteiger partial charge on any atom is 0.253 e. The first kappa shape index (κ1) is 20.9. The smallest absolute Gasteiger partial charge is 0.253 e. The van der Waals surface area contributed by atoms with E-state index in [2.05, 4.69) is 22.8 Å². The minimum absolute atomic E-state index is 0.149. The van der Waals surface area contributed by atoms with Crippen molar-refractivity contribution in [2.75, 3.05) is 6.54 Å². The van der Waals surface area contributed by atoms with Crippen molar-refractivity contribution in [2.24, 2.45) is 0 Å². The number of halogens is 2. The van der Waals surface area contributed by atoms with Crippen LogP contribution in [-0.2, 0) is 4.79 Å². The van der Waals surface area contributed by atoms with E-state index in [-0.39, 0.29) is 29.1 Å². The number of benzene rings is 3. The van der Waals surface area contributed by atoms with E-state index in [0.717, 1.165) is 16.7 Å². The molecule has 0 fully saturated rings. The third kappa shape index (κ3) is 5.59. The van der Waals surface area contributed by atoms with Gasteiger partial charge in [0.1, 0.15) is 0 Å². The summed E-state index contributed by atoms with van der Waals surface area (Å²) < 4.78 is 0. The summed E-state index contributed by atoms with van der Waals surface area (Å²) in [5.74, 6) is -0.718. The summed E-state index contributed by atoms with van der Waals surface area (Å²) in [7, 11) is 0. The Kier molecular flexibility index (Phi) is 6.91. The highest BCUT2D eigenvalue weighted by Crippen LogP contribution is 2.22. The van der Waals surface area contributed by atoms with Gasteiger partial charge in [-0.2, -0.15) is 0 Å². The second-order valence-corrected chi connectivity index (χ2v) is 7.43. The predicted octanol–water partition coefficient (Wildman–Crippen LogP) is 5.27. The third-order valence-electron chi connectivity index (χ3n) is 4.48. The van der Waals surface area contributed by atoms with Crippen LogP contribution in [0.25, 0.3) is 11.1 Å². The summed E-state index contributed by atoms with van der Waals surface area (Å²) in [6.45, 7) is 1.75. The Morgan fingerprint density at radius 2 is 1.55 bits per heavy atom. The summed E-state index contributed by atoms with van der Waals surface area (Å²) in [4.78, 5) is 24.4. The lowest BCUT2D eigenvalue weighted by molar-refractivity contribution is -0.120. The van der Waals surface area contributed by atoms with Crippen molar-refractivity contribution in [3.8, 4) is 11.1 Å². The molecule has 3 aromatic rings. The topological polar surface area (TPSA) is 58.2 Å². The van der Waals surface area contributed by atoms with E-state index in [1.54, 1.807) is 6.07 Å². The molecule has 0 aliphatic rings. The molecule has 2 N–H and O–H groups in total. The number of hydrogen-bond donors (Lipinski definition) is 2. The van der Waals surface area contributed by atoms with Crippen LogP contribution in [0.3, 0.4) is 0 Å². The second kappa shape index (κ2) is 9.59. The second-order valence-electron chi connectivity index (χ2n) is 6.58. The lowest BCUT2D eigenvalue weighted by Gasteiger charge is -2.15. The van der Waals surface area contributed by atoms with Crippen LogP contribution < -0.4 is 10.6 Å². The molecule has 0 saturated heterocycles. The number of rotatable bonds is 6. The van der Waals surface area contributed by atoms with Crippen molar-refractivity contribution in [3.05, 3.63) is 94.0 Å². The number of carbonyl (C=O) groups excluding carboxylic acids is 2. The van der Waals surface area contributed by atoms with Gasteiger partial charge in [-0.3, -0.25) is 9.59 Å². The summed E-state index contributed by atoms with van der Waals surface area (Å²) in [5.41, 5.74) is 3.50. The van der Waals surface area contributed by atoms with Crippen LogP contribution in [-0.4, -0.2) is 18.4 Å². The van der Waals surface area contributed by atoms with Gasteiger partial charge in [0.25, 0.3) is 5.91 Å². The molecule has 4 nitrogen and oxygen atoms in total. The van der Waals surface area contributed by atoms with E-state index in [0.29, 0.717) is 5.02 Å². The van der Waals surface area contributed by atoms with E-state index in [1.165, 1.54) is 12.1 Å². The molecule has 0 aliphatic heterocycles. The third-order valence-corrected chi connectivity index (χ3v) is 5.03. The summed E-state index contributed by atoms with van der Waals surface area (Å²) >= 11 is 11.8. The highest BCUT2D eigenvalue weighted by atomic mass is 35.5. The fraction of sp³-hybridized carbons (Fsp3) is 0.130. The molecule has 2 amide bonds. The monoisotopic (exact) mass is 426 g/mol. The normalized spacial score (nSPS) is 11.6. The van der Waals surface area contributed by atoms with Crippen molar-refractivity contribution < 1.29 is 9.59 Å². The van der Waals surface area contributed by atoms with Gasteiger partial charge >= 0.3 is 0 Å². The van der Waals surface area contributed by atoms with Crippen LogP contribution >= 0.6 is 23.2 Å². The average Bonchev–Trinajstić information content (AvgIpc) is 2.73. The maximum absolute atomic E-state index is 12.2. The lowest BCUT2D eigenvalue weighted by Crippen LogP contribution is -2.38. The van der Waals surface area contributed by atoms with E-state index >= 15 is 0 Å². The van der Waals surface area contributed by atoms with Gasteiger partial charge < -0.3 is 10.6 Å². The van der Waals surface area contributed by atoms with Gasteiger partial charge in [-0.05, 0) is 41.8 Å². The Labute approximate surface area is 179 Å². The molecule has 3 rings (SSSR count). The quantitative estimate of drug-likeness (QED) is 0.563. The summed E-state index contributed by atoms with van der Waals surface area (Å²) in [6, 6.07) is 22.5. The van der Waals surface area contributed by atoms with Crippen LogP contribution in [0.1, 0.15) is 28.9 Å². The zero-order valence-electron chi connectivity index (χ0n) is 15.8. The van der Waals surface area contributed by atoms with Gasteiger partial charge in [-0.1, -0.05) is 77.8 Å². The highest BCUT2D eigenvalue weighted by molar-refractivity contribution is 6.36. The van der Waals surface area contributed by atoms with Crippen molar-refractivity contribution in [3.63, 3.8) is 0 Å². The minimum atomic E-state index is -0.429. The molecule has 0 spiro atoms. The fourth-order valence-corrected chi connectivity index (χ4v) is 3.39. The van der Waals surface area contributed by atoms with Gasteiger partial charge in [0.2, 0.25) is 5.91 Å². The predicted molar refractivity (Wildman–Crippen MR) is 117 cm³/mol. The molecular weight excluding hydrogens is 407 g/mol. The number of carbonyl (C=O) groups is 2. The maximum atomic E-state index is 12.2. The summed E-state index contributed by atoms with van der Waals surface area (Å²) in [5, 5.41) is 6.13. The first-order valence-corrected chi connectivity index (χ1v) is 9.87. The highest BCUT2D eigenvalue weighted by Gasteiger charge is 2.14. The van der Waals surface area contributed by atoms with E-state index in [1.807, 2.05) is 49.4 Å². The van der Waals surface area contributed by atoms with Crippen molar-refractivity contribution >= 4 is 35.0 Å². The summed E-state index contributed by atoms with van der Waals surface area (Å²) in [6.07, 6.45) is 0. The lowest BCUT2D eigenvalue weighted by atomic mass is 10.0. The van der Waals surface area contributed by atoms with Crippen molar-refractivity contribution in [1.82, 2.24) is 10.6 Å². The molecule has 0 saturated carbocycles. The van der Waals surface area contributed by atoms with Crippen LogP contribution in [0.2, 0.25) is 10.0 Å². The largest absolute Gasteiger partial charge is 0.348 e. The standard InChI is InChI=1S/C23H20Cl2N2O2/c1-15(16-7-9-18(10-8-16)17-5-3-2-4-6-17)27-22(28)14-26-23(29)20-12-11-19(24)13-21(20)25/h2-13,15H,14H2,1H3,(H,26,29)(H,27,28). The minimum Gasteiger partial charge on any atom is -0.348 e. The zero-order chi connectivity index (χ0) is 20.8. The Bertz CT molecular complexity index is 1010. The molecule has 29 heavy (non-hydrogen) atoms. The Morgan fingerprint density at radius 1 is 0.897 bits per heavy atom. The Morgan fingerprint density at radius 3 is 2.21 bits per heavy atom. The molecule has 3 aromatic carbocycles. The van der Waals surface area contributed by atoms with Crippen LogP contribution in [0.4, 0.5) is 0 Å². The van der Waals surface area contributed by atoms with Gasteiger partial charge in [0, 0.05) is 5.02 Å². The molecule has 1 atom stereocenters. The van der Waals surface area contributed by atoms with Crippen LogP contribution in [0, 0.1) is 0 Å². The van der Waals surface area contributed by atoms with E-state index < -0.39 is 5.91 Å². The molecule has 0 heterocycles. The molecule has 6 heteroatoms. The molecular formula is C23H20Cl2N2O2. The number of nitrogens with one attached hydrogen (secondary N) is 2. The Balaban J connectivity index is 1.54. The SMILES string of the molecule is CC(NC(=O)CNC(=O)c1ccc(Cl)cc1Cl)c1ccc(-c2ccccc2)cc1. The molecule has 0 aliphatic carbocycles. The molecule has 0 bridgehead atoms. The zero-order valence-corrected chi connectivity index (χ0v) is 17.3.